The zero-order chi connectivity index (χ0) is 19.9. The number of aromatic nitrogens is 3. The summed E-state index contributed by atoms with van der Waals surface area (Å²) in [6, 6.07) is 18.5. The highest BCUT2D eigenvalue weighted by Gasteiger charge is 2.20. The van der Waals surface area contributed by atoms with Crippen LogP contribution in [0, 0.1) is 0 Å². The van der Waals surface area contributed by atoms with Crippen molar-refractivity contribution in [2.45, 2.75) is 43.5 Å². The Morgan fingerprint density at radius 2 is 1.90 bits per heavy atom. The summed E-state index contributed by atoms with van der Waals surface area (Å²) in [5, 5.41) is 10.0. The number of hydrogen-bond acceptors (Lipinski definition) is 5. The summed E-state index contributed by atoms with van der Waals surface area (Å²) in [4.78, 5) is 0. The predicted octanol–water partition coefficient (Wildman–Crippen LogP) is 4.86. The summed E-state index contributed by atoms with van der Waals surface area (Å²) in [6.07, 6.45) is 4.78. The quantitative estimate of drug-likeness (QED) is 0.498. The minimum atomic E-state index is 0.308. The minimum Gasteiger partial charge on any atom is -0.496 e. The number of nitrogens with zero attached hydrogens (tertiary/aromatic N) is 3. The fourth-order valence-corrected chi connectivity index (χ4v) is 4.65. The Kier molecular flexibility index (Phi) is 6.85. The molecule has 0 saturated carbocycles. The molecule has 1 aliphatic heterocycles. The van der Waals surface area contributed by atoms with Gasteiger partial charge in [0.2, 0.25) is 0 Å². The smallest absolute Gasteiger partial charge is 0.191 e. The summed E-state index contributed by atoms with van der Waals surface area (Å²) in [5.41, 5.74) is 2.27. The molecule has 1 fully saturated rings. The lowest BCUT2D eigenvalue weighted by atomic mass is 10.1. The van der Waals surface area contributed by atoms with Crippen molar-refractivity contribution in [3.8, 4) is 17.1 Å². The molecule has 2 aromatic carbocycles. The molecule has 6 heteroatoms. The normalized spacial score (nSPS) is 16.7. The van der Waals surface area contributed by atoms with Crippen LogP contribution in [-0.4, -0.2) is 40.3 Å². The first kappa shape index (κ1) is 20.0. The van der Waals surface area contributed by atoms with E-state index in [-0.39, 0.29) is 0 Å². The molecule has 0 spiro atoms. The third-order valence-electron chi connectivity index (χ3n) is 5.20. The Bertz CT molecular complexity index is 907. The predicted molar refractivity (Wildman–Crippen MR) is 116 cm³/mol. The van der Waals surface area contributed by atoms with Gasteiger partial charge in [0.1, 0.15) is 5.75 Å². The number of ether oxygens (including phenoxy) is 2. The van der Waals surface area contributed by atoms with Crippen LogP contribution < -0.4 is 4.74 Å². The standard InChI is InChI=1S/C23H27N3O2S/c1-27-21-13-6-5-12-20(21)22-24-25-23(29-17-19-11-7-8-16-28-19)26(22)15-14-18-9-3-2-4-10-18/h2-6,9-10,12-13,19H,7-8,11,14-17H2,1H3. The lowest BCUT2D eigenvalue weighted by molar-refractivity contribution is 0.0315. The highest BCUT2D eigenvalue weighted by molar-refractivity contribution is 7.99. The van der Waals surface area contributed by atoms with Gasteiger partial charge in [-0.15, -0.1) is 10.2 Å². The maximum Gasteiger partial charge on any atom is 0.191 e. The number of aryl methyl sites for hydroxylation is 1. The highest BCUT2D eigenvalue weighted by Crippen LogP contribution is 2.32. The van der Waals surface area contributed by atoms with E-state index in [1.807, 2.05) is 30.3 Å². The fraction of sp³-hybridized carbons (Fsp3) is 0.391. The molecule has 1 aliphatic rings. The van der Waals surface area contributed by atoms with Crippen molar-refractivity contribution < 1.29 is 9.47 Å². The Hall–Kier alpha value is -2.31. The third-order valence-corrected chi connectivity index (χ3v) is 6.30. The summed E-state index contributed by atoms with van der Waals surface area (Å²) in [6.45, 7) is 1.69. The Labute approximate surface area is 176 Å². The van der Waals surface area contributed by atoms with Gasteiger partial charge in [-0.2, -0.15) is 0 Å². The van der Waals surface area contributed by atoms with Gasteiger partial charge in [0.15, 0.2) is 11.0 Å². The van der Waals surface area contributed by atoms with E-state index in [1.54, 1.807) is 18.9 Å². The second kappa shape index (κ2) is 9.94. The van der Waals surface area contributed by atoms with Gasteiger partial charge in [0.05, 0.1) is 18.8 Å². The van der Waals surface area contributed by atoms with Crippen LogP contribution in [-0.2, 0) is 17.7 Å². The van der Waals surface area contributed by atoms with E-state index in [2.05, 4.69) is 39.0 Å². The maximum absolute atomic E-state index is 5.90. The monoisotopic (exact) mass is 409 g/mol. The van der Waals surface area contributed by atoms with Crippen LogP contribution in [0.3, 0.4) is 0 Å². The van der Waals surface area contributed by atoms with Gasteiger partial charge in [0.25, 0.3) is 0 Å². The summed E-state index contributed by atoms with van der Waals surface area (Å²) < 4.78 is 13.7. The van der Waals surface area contributed by atoms with Crippen LogP contribution in [0.15, 0.2) is 59.8 Å². The third kappa shape index (κ3) is 5.00. The number of para-hydroxylation sites is 1. The van der Waals surface area contributed by atoms with E-state index in [1.165, 1.54) is 18.4 Å². The first-order valence-electron chi connectivity index (χ1n) is 10.2. The van der Waals surface area contributed by atoms with Crippen LogP contribution in [0.25, 0.3) is 11.4 Å². The molecule has 3 aromatic rings. The van der Waals surface area contributed by atoms with Gasteiger partial charge in [-0.05, 0) is 43.4 Å². The van der Waals surface area contributed by atoms with Crippen molar-refractivity contribution in [2.24, 2.45) is 0 Å². The molecule has 5 nitrogen and oxygen atoms in total. The van der Waals surface area contributed by atoms with E-state index in [4.69, 9.17) is 9.47 Å². The molecule has 152 valence electrons. The zero-order valence-electron chi connectivity index (χ0n) is 16.8. The molecule has 1 saturated heterocycles. The second-order valence-electron chi connectivity index (χ2n) is 7.19. The average Bonchev–Trinajstić information content (AvgIpc) is 3.20. The van der Waals surface area contributed by atoms with Crippen LogP contribution in [0.2, 0.25) is 0 Å². The van der Waals surface area contributed by atoms with Crippen molar-refractivity contribution in [2.75, 3.05) is 19.5 Å². The minimum absolute atomic E-state index is 0.308. The highest BCUT2D eigenvalue weighted by atomic mass is 32.2. The molecule has 0 amide bonds. The first-order chi connectivity index (χ1) is 14.3. The van der Waals surface area contributed by atoms with E-state index in [9.17, 15) is 0 Å². The van der Waals surface area contributed by atoms with Gasteiger partial charge < -0.3 is 14.0 Å². The molecule has 0 radical (unpaired) electrons. The lowest BCUT2D eigenvalue weighted by Gasteiger charge is -2.22. The van der Waals surface area contributed by atoms with Crippen LogP contribution in [0.5, 0.6) is 5.75 Å². The van der Waals surface area contributed by atoms with E-state index >= 15 is 0 Å². The molecule has 4 rings (SSSR count). The van der Waals surface area contributed by atoms with Gasteiger partial charge in [0, 0.05) is 18.9 Å². The summed E-state index contributed by atoms with van der Waals surface area (Å²) >= 11 is 1.74. The van der Waals surface area contributed by atoms with E-state index in [0.29, 0.717) is 6.10 Å². The van der Waals surface area contributed by atoms with E-state index in [0.717, 1.165) is 54.0 Å². The number of thioether (sulfide) groups is 1. The van der Waals surface area contributed by atoms with Crippen molar-refractivity contribution in [3.05, 3.63) is 60.2 Å². The van der Waals surface area contributed by atoms with Crippen LogP contribution in [0.4, 0.5) is 0 Å². The molecule has 1 unspecified atom stereocenters. The molecule has 2 heterocycles. The molecule has 0 aliphatic carbocycles. The molecule has 1 atom stereocenters. The van der Waals surface area contributed by atoms with Crippen LogP contribution in [0.1, 0.15) is 24.8 Å². The number of methoxy groups -OCH3 is 1. The molecule has 29 heavy (non-hydrogen) atoms. The van der Waals surface area contributed by atoms with Crippen molar-refractivity contribution >= 4 is 11.8 Å². The maximum atomic E-state index is 5.90. The van der Waals surface area contributed by atoms with Gasteiger partial charge in [-0.1, -0.05) is 54.2 Å². The SMILES string of the molecule is COc1ccccc1-c1nnc(SCC2CCCCO2)n1CCc1ccccc1. The Balaban J connectivity index is 1.59. The van der Waals surface area contributed by atoms with Gasteiger partial charge in [-0.25, -0.2) is 0 Å². The van der Waals surface area contributed by atoms with Crippen molar-refractivity contribution in [1.82, 2.24) is 14.8 Å². The Morgan fingerprint density at radius 3 is 2.69 bits per heavy atom. The molecule has 0 bridgehead atoms. The van der Waals surface area contributed by atoms with Gasteiger partial charge in [-0.3, -0.25) is 0 Å². The summed E-state index contributed by atoms with van der Waals surface area (Å²) in [5.74, 6) is 2.58. The topological polar surface area (TPSA) is 49.2 Å². The molecular weight excluding hydrogens is 382 g/mol. The average molecular weight is 410 g/mol. The Morgan fingerprint density at radius 1 is 1.07 bits per heavy atom. The zero-order valence-corrected chi connectivity index (χ0v) is 17.6. The second-order valence-corrected chi connectivity index (χ2v) is 8.18. The molecule has 1 aromatic heterocycles. The van der Waals surface area contributed by atoms with Crippen LogP contribution >= 0.6 is 11.8 Å². The number of rotatable bonds is 8. The fourth-order valence-electron chi connectivity index (χ4n) is 3.62. The largest absolute Gasteiger partial charge is 0.496 e. The lowest BCUT2D eigenvalue weighted by Crippen LogP contribution is -2.21. The number of benzene rings is 2. The van der Waals surface area contributed by atoms with Crippen molar-refractivity contribution in [3.63, 3.8) is 0 Å². The molecule has 0 N–H and O–H groups in total. The number of hydrogen-bond donors (Lipinski definition) is 0. The van der Waals surface area contributed by atoms with E-state index < -0.39 is 0 Å². The molecular formula is C23H27N3O2S. The van der Waals surface area contributed by atoms with Crippen molar-refractivity contribution in [1.29, 1.82) is 0 Å². The summed E-state index contributed by atoms with van der Waals surface area (Å²) in [7, 11) is 1.69. The van der Waals surface area contributed by atoms with Gasteiger partial charge >= 0.3 is 0 Å². The first-order valence-corrected chi connectivity index (χ1v) is 11.2.